The molecule has 2 N–H and O–H groups in total. The second-order valence-electron chi connectivity index (χ2n) is 7.92. The van der Waals surface area contributed by atoms with Crippen molar-refractivity contribution in [3.05, 3.63) is 64.7 Å². The first-order chi connectivity index (χ1) is 15.7. The number of carbonyl (C=O) groups excluding carboxylic acids is 2. The zero-order chi connectivity index (χ0) is 24.1. The molecule has 2 amide bonds. The Bertz CT molecular complexity index is 988. The lowest BCUT2D eigenvalue weighted by molar-refractivity contribution is -0.215. The molecule has 1 aliphatic heterocycles. The van der Waals surface area contributed by atoms with Crippen molar-refractivity contribution < 1.29 is 27.5 Å². The van der Waals surface area contributed by atoms with E-state index >= 15 is 0 Å². The molecule has 0 bridgehead atoms. The van der Waals surface area contributed by atoms with Crippen LogP contribution in [0.2, 0.25) is 5.02 Å². The number of hydrogen-bond donors (Lipinski definition) is 2. The van der Waals surface area contributed by atoms with Gasteiger partial charge >= 0.3 is 6.18 Å². The van der Waals surface area contributed by atoms with Gasteiger partial charge in [0, 0.05) is 32.4 Å². The Morgan fingerprint density at radius 2 is 1.91 bits per heavy atom. The Morgan fingerprint density at radius 1 is 1.18 bits per heavy atom. The summed E-state index contributed by atoms with van der Waals surface area (Å²) in [7, 11) is 1.50. The largest absolute Gasteiger partial charge is 0.404 e. The Morgan fingerprint density at radius 3 is 2.55 bits per heavy atom. The second-order valence-corrected chi connectivity index (χ2v) is 8.33. The van der Waals surface area contributed by atoms with Crippen LogP contribution < -0.4 is 10.6 Å². The average Bonchev–Trinajstić information content (AvgIpc) is 3.20. The number of halogens is 4. The van der Waals surface area contributed by atoms with E-state index in [-0.39, 0.29) is 35.8 Å². The summed E-state index contributed by atoms with van der Waals surface area (Å²) in [6, 6.07) is 13.1. The van der Waals surface area contributed by atoms with Crippen molar-refractivity contribution in [1.82, 2.24) is 10.2 Å². The highest BCUT2D eigenvalue weighted by molar-refractivity contribution is 6.34. The van der Waals surface area contributed by atoms with Gasteiger partial charge < -0.3 is 15.4 Å². The van der Waals surface area contributed by atoms with Crippen molar-refractivity contribution in [3.8, 4) is 0 Å². The summed E-state index contributed by atoms with van der Waals surface area (Å²) in [5.41, 5.74) is -1.43. The summed E-state index contributed by atoms with van der Waals surface area (Å²) in [6.45, 7) is 0.620. The van der Waals surface area contributed by atoms with E-state index in [2.05, 4.69) is 10.6 Å². The van der Waals surface area contributed by atoms with Crippen LogP contribution in [0.15, 0.2) is 48.5 Å². The molecule has 0 radical (unpaired) electrons. The molecule has 0 aromatic heterocycles. The van der Waals surface area contributed by atoms with E-state index in [0.717, 1.165) is 5.56 Å². The van der Waals surface area contributed by atoms with E-state index in [1.165, 1.54) is 25.3 Å². The molecule has 10 heteroatoms. The molecular weight excluding hydrogens is 459 g/mol. The molecule has 178 valence electrons. The summed E-state index contributed by atoms with van der Waals surface area (Å²) < 4.78 is 47.2. The summed E-state index contributed by atoms with van der Waals surface area (Å²) >= 11 is 6.14. The first kappa shape index (κ1) is 25.0. The number of alkyl halides is 3. The first-order valence-electron chi connectivity index (χ1n) is 10.4. The lowest BCUT2D eigenvalue weighted by Gasteiger charge is -2.30. The number of nitrogens with one attached hydrogen (secondary N) is 2. The fourth-order valence-corrected chi connectivity index (χ4v) is 4.07. The minimum atomic E-state index is -4.73. The minimum Gasteiger partial charge on any atom is -0.383 e. The van der Waals surface area contributed by atoms with E-state index in [1.54, 1.807) is 4.90 Å². The van der Waals surface area contributed by atoms with E-state index in [0.29, 0.717) is 13.2 Å². The van der Waals surface area contributed by atoms with Crippen LogP contribution >= 0.6 is 11.6 Å². The third kappa shape index (κ3) is 5.85. The van der Waals surface area contributed by atoms with Crippen LogP contribution in [0, 0.1) is 5.41 Å². The van der Waals surface area contributed by atoms with Gasteiger partial charge in [-0.15, -0.1) is 0 Å². The molecule has 2 aromatic rings. The third-order valence-corrected chi connectivity index (χ3v) is 5.95. The van der Waals surface area contributed by atoms with Crippen LogP contribution in [0.1, 0.15) is 22.3 Å². The van der Waals surface area contributed by atoms with E-state index in [1.807, 2.05) is 30.3 Å². The van der Waals surface area contributed by atoms with E-state index in [9.17, 15) is 22.8 Å². The molecule has 0 saturated carbocycles. The number of ether oxygens (including phenoxy) is 1. The van der Waals surface area contributed by atoms with Crippen LogP contribution in [0.3, 0.4) is 0 Å². The first-order valence-corrected chi connectivity index (χ1v) is 10.8. The van der Waals surface area contributed by atoms with Gasteiger partial charge in [0.05, 0.1) is 17.2 Å². The van der Waals surface area contributed by atoms with Crippen molar-refractivity contribution in [2.45, 2.75) is 19.1 Å². The van der Waals surface area contributed by atoms with Gasteiger partial charge in [0.2, 0.25) is 5.91 Å². The molecule has 6 nitrogen and oxygen atoms in total. The minimum absolute atomic E-state index is 0.0147. The number of benzene rings is 2. The number of rotatable bonds is 8. The Hall–Kier alpha value is -2.62. The summed E-state index contributed by atoms with van der Waals surface area (Å²) in [5.74, 6) is -1.59. The van der Waals surface area contributed by atoms with Gasteiger partial charge in [-0.2, -0.15) is 13.2 Å². The predicted molar refractivity (Wildman–Crippen MR) is 119 cm³/mol. The predicted octanol–water partition coefficient (Wildman–Crippen LogP) is 4.11. The van der Waals surface area contributed by atoms with Crippen LogP contribution in [-0.4, -0.2) is 56.2 Å². The second kappa shape index (κ2) is 10.5. The number of amides is 2. The fourth-order valence-electron chi connectivity index (χ4n) is 3.80. The van der Waals surface area contributed by atoms with Gasteiger partial charge in [0.25, 0.3) is 5.91 Å². The summed E-state index contributed by atoms with van der Waals surface area (Å²) in [5, 5.41) is 4.97. The molecule has 33 heavy (non-hydrogen) atoms. The Kier molecular flexibility index (Phi) is 7.99. The Balaban J connectivity index is 1.72. The number of likely N-dealkylation sites (tertiary alicyclic amines) is 1. The lowest BCUT2D eigenvalue weighted by Crippen LogP contribution is -2.49. The topological polar surface area (TPSA) is 70.7 Å². The molecule has 1 aliphatic rings. The molecule has 0 spiro atoms. The normalized spacial score (nSPS) is 18.8. The smallest absolute Gasteiger partial charge is 0.383 e. The standard InChI is InChI=1S/C23H25ClF3N3O3/c1-33-12-10-28-20(31)18-8-7-17(13-19(18)24)29-21(32)22(23(25,26)27)9-11-30(15-22)14-16-5-3-2-4-6-16/h2-8,13H,9-12,14-15H2,1H3,(H,28,31)(H,29,32). The third-order valence-electron chi connectivity index (χ3n) is 5.64. The van der Waals surface area contributed by atoms with Gasteiger partial charge in [0.15, 0.2) is 5.41 Å². The zero-order valence-electron chi connectivity index (χ0n) is 18.0. The van der Waals surface area contributed by atoms with E-state index in [4.69, 9.17) is 16.3 Å². The van der Waals surface area contributed by atoms with Crippen LogP contribution in [0.5, 0.6) is 0 Å². The lowest BCUT2D eigenvalue weighted by atomic mass is 9.85. The number of anilines is 1. The highest BCUT2D eigenvalue weighted by atomic mass is 35.5. The van der Waals surface area contributed by atoms with Gasteiger partial charge in [-0.25, -0.2) is 0 Å². The molecule has 2 aromatic carbocycles. The molecular formula is C23H25ClF3N3O3. The van der Waals surface area contributed by atoms with Crippen molar-refractivity contribution in [2.75, 3.05) is 38.7 Å². The maximum Gasteiger partial charge on any atom is 0.404 e. The van der Waals surface area contributed by atoms with Crippen LogP contribution in [0.25, 0.3) is 0 Å². The fraction of sp³-hybridized carbons (Fsp3) is 0.391. The summed E-state index contributed by atoms with van der Waals surface area (Å²) in [6.07, 6.45) is -5.07. The maximum atomic E-state index is 14.1. The zero-order valence-corrected chi connectivity index (χ0v) is 18.8. The maximum absolute atomic E-state index is 14.1. The number of methoxy groups -OCH3 is 1. The van der Waals surface area contributed by atoms with Gasteiger partial charge in [-0.3, -0.25) is 14.5 Å². The van der Waals surface area contributed by atoms with E-state index < -0.39 is 30.0 Å². The van der Waals surface area contributed by atoms with Crippen molar-refractivity contribution in [1.29, 1.82) is 0 Å². The molecule has 1 heterocycles. The highest BCUT2D eigenvalue weighted by Gasteiger charge is 2.63. The Labute approximate surface area is 195 Å². The molecule has 1 fully saturated rings. The average molecular weight is 484 g/mol. The van der Waals surface area contributed by atoms with Crippen molar-refractivity contribution in [2.24, 2.45) is 5.41 Å². The monoisotopic (exact) mass is 483 g/mol. The van der Waals surface area contributed by atoms with Crippen molar-refractivity contribution >= 4 is 29.1 Å². The van der Waals surface area contributed by atoms with Gasteiger partial charge in [-0.1, -0.05) is 41.9 Å². The molecule has 1 unspecified atom stereocenters. The number of nitrogens with zero attached hydrogens (tertiary/aromatic N) is 1. The number of hydrogen-bond acceptors (Lipinski definition) is 4. The molecule has 3 rings (SSSR count). The summed E-state index contributed by atoms with van der Waals surface area (Å²) in [4.78, 5) is 26.7. The van der Waals surface area contributed by atoms with Gasteiger partial charge in [-0.05, 0) is 36.7 Å². The molecule has 1 atom stereocenters. The quantitative estimate of drug-likeness (QED) is 0.554. The highest BCUT2D eigenvalue weighted by Crippen LogP contribution is 2.46. The van der Waals surface area contributed by atoms with Crippen LogP contribution in [0.4, 0.5) is 18.9 Å². The SMILES string of the molecule is COCCNC(=O)c1ccc(NC(=O)C2(C(F)(F)F)CCN(Cc3ccccc3)C2)cc1Cl. The van der Waals surface area contributed by atoms with Gasteiger partial charge in [0.1, 0.15) is 0 Å². The molecule has 0 aliphatic carbocycles. The number of carbonyl (C=O) groups is 2. The van der Waals surface area contributed by atoms with Crippen LogP contribution in [-0.2, 0) is 16.1 Å². The molecule has 1 saturated heterocycles. The van der Waals surface area contributed by atoms with Crippen molar-refractivity contribution in [3.63, 3.8) is 0 Å².